The van der Waals surface area contributed by atoms with Crippen molar-refractivity contribution < 1.29 is 27.5 Å². The molecule has 0 atom stereocenters. The standard InChI is InChI=1S/C21H26F3N3O3/c1-13-15(18(28)7-8-21(22,23)24)5-6-17-16(13)12-27(25-17)11-14-9-26(10-14)19(29)30-20(2,3)4/h5-6,12,14H,7-11H2,1-4H3. The largest absolute Gasteiger partial charge is 0.444 e. The van der Waals surface area contributed by atoms with E-state index in [0.717, 1.165) is 5.39 Å². The summed E-state index contributed by atoms with van der Waals surface area (Å²) < 4.78 is 44.3. The zero-order valence-corrected chi connectivity index (χ0v) is 17.5. The molecule has 0 radical (unpaired) electrons. The molecule has 0 bridgehead atoms. The van der Waals surface area contributed by atoms with Crippen molar-refractivity contribution in [2.75, 3.05) is 13.1 Å². The van der Waals surface area contributed by atoms with Gasteiger partial charge in [0.1, 0.15) is 5.60 Å². The summed E-state index contributed by atoms with van der Waals surface area (Å²) in [7, 11) is 0. The molecule has 0 aliphatic carbocycles. The lowest BCUT2D eigenvalue weighted by Gasteiger charge is -2.39. The van der Waals surface area contributed by atoms with Crippen LogP contribution in [0.15, 0.2) is 18.3 Å². The van der Waals surface area contributed by atoms with E-state index in [1.54, 1.807) is 34.8 Å². The number of amides is 1. The van der Waals surface area contributed by atoms with Crippen LogP contribution in [0.25, 0.3) is 10.9 Å². The number of benzene rings is 1. The number of alkyl halides is 3. The van der Waals surface area contributed by atoms with Gasteiger partial charge in [-0.2, -0.15) is 18.3 Å². The van der Waals surface area contributed by atoms with Crippen molar-refractivity contribution in [1.82, 2.24) is 14.7 Å². The van der Waals surface area contributed by atoms with Gasteiger partial charge in [0, 0.05) is 49.1 Å². The number of fused-ring (bicyclic) bond motifs is 1. The first-order chi connectivity index (χ1) is 13.8. The van der Waals surface area contributed by atoms with Gasteiger partial charge in [-0.25, -0.2) is 4.79 Å². The Labute approximate surface area is 173 Å². The summed E-state index contributed by atoms with van der Waals surface area (Å²) in [4.78, 5) is 25.9. The molecular weight excluding hydrogens is 399 g/mol. The third kappa shape index (κ3) is 5.31. The van der Waals surface area contributed by atoms with Crippen molar-refractivity contribution in [1.29, 1.82) is 0 Å². The molecule has 1 amide bonds. The summed E-state index contributed by atoms with van der Waals surface area (Å²) in [5, 5.41) is 5.25. The maximum Gasteiger partial charge on any atom is 0.410 e. The fourth-order valence-electron chi connectivity index (χ4n) is 3.49. The van der Waals surface area contributed by atoms with Gasteiger partial charge >= 0.3 is 12.3 Å². The second-order valence-electron chi connectivity index (χ2n) is 8.81. The van der Waals surface area contributed by atoms with Gasteiger partial charge in [0.05, 0.1) is 11.9 Å². The lowest BCUT2D eigenvalue weighted by Crippen LogP contribution is -2.52. The van der Waals surface area contributed by atoms with Gasteiger partial charge in [-0.1, -0.05) is 0 Å². The SMILES string of the molecule is Cc1c(C(=O)CCC(F)(F)F)ccc2nn(CC3CN(C(=O)OC(C)(C)C)C3)cc12. The Morgan fingerprint density at radius 1 is 1.20 bits per heavy atom. The van der Waals surface area contributed by atoms with Gasteiger partial charge in [0.25, 0.3) is 0 Å². The van der Waals surface area contributed by atoms with Gasteiger partial charge in [-0.15, -0.1) is 0 Å². The number of rotatable bonds is 5. The molecular formula is C21H26F3N3O3. The first-order valence-electron chi connectivity index (χ1n) is 9.87. The topological polar surface area (TPSA) is 64.4 Å². The molecule has 0 spiro atoms. The lowest BCUT2D eigenvalue weighted by atomic mass is 9.98. The van der Waals surface area contributed by atoms with Gasteiger partial charge in [-0.3, -0.25) is 9.48 Å². The van der Waals surface area contributed by atoms with Crippen molar-refractivity contribution >= 4 is 22.8 Å². The number of hydrogen-bond acceptors (Lipinski definition) is 4. The van der Waals surface area contributed by atoms with Crippen LogP contribution in [-0.4, -0.2) is 51.4 Å². The summed E-state index contributed by atoms with van der Waals surface area (Å²) >= 11 is 0. The Balaban J connectivity index is 1.63. The number of aryl methyl sites for hydroxylation is 1. The Morgan fingerprint density at radius 3 is 2.47 bits per heavy atom. The van der Waals surface area contributed by atoms with E-state index in [1.807, 2.05) is 20.8 Å². The van der Waals surface area contributed by atoms with E-state index in [9.17, 15) is 22.8 Å². The van der Waals surface area contributed by atoms with Crippen molar-refractivity contribution in [2.24, 2.45) is 5.92 Å². The minimum atomic E-state index is -4.35. The number of Topliss-reactive ketones (excluding diaryl/α,β-unsaturated/α-hetero) is 1. The molecule has 1 aliphatic heterocycles. The molecule has 1 aromatic carbocycles. The molecule has 1 aromatic heterocycles. The van der Waals surface area contributed by atoms with Gasteiger partial charge in [0.2, 0.25) is 0 Å². The van der Waals surface area contributed by atoms with Crippen molar-refractivity contribution in [3.8, 4) is 0 Å². The van der Waals surface area contributed by atoms with Crippen LogP contribution in [0, 0.1) is 12.8 Å². The number of aromatic nitrogens is 2. The average Bonchev–Trinajstić information content (AvgIpc) is 2.97. The third-order valence-corrected chi connectivity index (χ3v) is 5.00. The molecule has 1 aliphatic rings. The first kappa shape index (κ1) is 22.1. The highest BCUT2D eigenvalue weighted by molar-refractivity contribution is 6.01. The van der Waals surface area contributed by atoms with E-state index in [-0.39, 0.29) is 12.0 Å². The van der Waals surface area contributed by atoms with E-state index in [1.165, 1.54) is 0 Å². The minimum absolute atomic E-state index is 0.236. The molecule has 6 nitrogen and oxygen atoms in total. The Kier molecular flexibility index (Phi) is 5.84. The van der Waals surface area contributed by atoms with Gasteiger partial charge in [-0.05, 0) is 45.4 Å². The van der Waals surface area contributed by atoms with Crippen LogP contribution in [0.3, 0.4) is 0 Å². The van der Waals surface area contributed by atoms with Crippen LogP contribution >= 0.6 is 0 Å². The van der Waals surface area contributed by atoms with E-state index in [0.29, 0.717) is 36.3 Å². The molecule has 0 N–H and O–H groups in total. The Morgan fingerprint density at radius 2 is 1.87 bits per heavy atom. The molecule has 3 rings (SSSR count). The summed E-state index contributed by atoms with van der Waals surface area (Å²) in [5.41, 5.74) is 1.08. The Hall–Kier alpha value is -2.58. The summed E-state index contributed by atoms with van der Waals surface area (Å²) in [5.74, 6) is -0.286. The molecule has 0 unspecified atom stereocenters. The zero-order chi connectivity index (χ0) is 22.3. The normalized spacial score (nSPS) is 15.4. The fraction of sp³-hybridized carbons (Fsp3) is 0.571. The number of hydrogen-bond donors (Lipinski definition) is 0. The van der Waals surface area contributed by atoms with E-state index >= 15 is 0 Å². The molecule has 0 saturated carbocycles. The van der Waals surface area contributed by atoms with Crippen LogP contribution in [0.1, 0.15) is 49.5 Å². The maximum atomic E-state index is 12.4. The van der Waals surface area contributed by atoms with Gasteiger partial charge < -0.3 is 9.64 Å². The minimum Gasteiger partial charge on any atom is -0.444 e. The van der Waals surface area contributed by atoms with Gasteiger partial charge in [0.15, 0.2) is 5.78 Å². The Bertz CT molecular complexity index is 954. The molecule has 30 heavy (non-hydrogen) atoms. The molecule has 1 fully saturated rings. The van der Waals surface area contributed by atoms with Crippen LogP contribution in [0.5, 0.6) is 0 Å². The monoisotopic (exact) mass is 425 g/mol. The highest BCUT2D eigenvalue weighted by Gasteiger charge is 2.34. The second-order valence-corrected chi connectivity index (χ2v) is 8.81. The first-order valence-corrected chi connectivity index (χ1v) is 9.87. The van der Waals surface area contributed by atoms with E-state index in [2.05, 4.69) is 5.10 Å². The van der Waals surface area contributed by atoms with Crippen LogP contribution in [0.4, 0.5) is 18.0 Å². The number of ketones is 1. The molecule has 2 heterocycles. The van der Waals surface area contributed by atoms with Crippen LogP contribution in [0.2, 0.25) is 0 Å². The highest BCUT2D eigenvalue weighted by atomic mass is 19.4. The van der Waals surface area contributed by atoms with Crippen LogP contribution < -0.4 is 0 Å². The molecule has 1 saturated heterocycles. The quantitative estimate of drug-likeness (QED) is 0.650. The number of ether oxygens (including phenoxy) is 1. The fourth-order valence-corrected chi connectivity index (χ4v) is 3.49. The number of carbonyl (C=O) groups is 2. The third-order valence-electron chi connectivity index (χ3n) is 5.00. The van der Waals surface area contributed by atoms with E-state index in [4.69, 9.17) is 4.74 Å². The number of likely N-dealkylation sites (tertiary alicyclic amines) is 1. The molecule has 2 aromatic rings. The lowest BCUT2D eigenvalue weighted by molar-refractivity contribution is -0.133. The van der Waals surface area contributed by atoms with Crippen molar-refractivity contribution in [3.63, 3.8) is 0 Å². The highest BCUT2D eigenvalue weighted by Crippen LogP contribution is 2.27. The zero-order valence-electron chi connectivity index (χ0n) is 17.5. The number of halogens is 3. The summed E-state index contributed by atoms with van der Waals surface area (Å²) in [6, 6.07) is 3.20. The predicted octanol–water partition coefficient (Wildman–Crippen LogP) is 4.74. The predicted molar refractivity (Wildman–Crippen MR) is 105 cm³/mol. The van der Waals surface area contributed by atoms with Crippen molar-refractivity contribution in [3.05, 3.63) is 29.5 Å². The average molecular weight is 425 g/mol. The number of carbonyl (C=O) groups excluding carboxylic acids is 2. The van der Waals surface area contributed by atoms with Crippen LogP contribution in [-0.2, 0) is 11.3 Å². The molecule has 164 valence electrons. The second kappa shape index (κ2) is 7.92. The summed E-state index contributed by atoms with van der Waals surface area (Å²) in [6.07, 6.45) is -4.57. The molecule has 9 heteroatoms. The van der Waals surface area contributed by atoms with E-state index < -0.39 is 30.4 Å². The number of nitrogens with zero attached hydrogens (tertiary/aromatic N) is 3. The maximum absolute atomic E-state index is 12.4. The van der Waals surface area contributed by atoms with Crippen molar-refractivity contribution in [2.45, 2.75) is 58.9 Å². The summed E-state index contributed by atoms with van der Waals surface area (Å²) in [6.45, 7) is 8.94. The smallest absolute Gasteiger partial charge is 0.410 e.